The normalized spacial score (nSPS) is 10.7. The van der Waals surface area contributed by atoms with Gasteiger partial charge in [0.15, 0.2) is 5.13 Å². The number of methoxy groups -OCH3 is 1. The van der Waals surface area contributed by atoms with Gasteiger partial charge in [-0.3, -0.25) is 0 Å². The zero-order valence-electron chi connectivity index (χ0n) is 10.9. The highest BCUT2D eigenvalue weighted by molar-refractivity contribution is 7.22. The first-order chi connectivity index (χ1) is 9.74. The monoisotopic (exact) mass is 288 g/mol. The van der Waals surface area contributed by atoms with E-state index in [1.54, 1.807) is 13.2 Å². The van der Waals surface area contributed by atoms with E-state index in [1.807, 2.05) is 24.3 Å². The average molecular weight is 288 g/mol. The van der Waals surface area contributed by atoms with Crippen LogP contribution in [-0.4, -0.2) is 12.1 Å². The highest BCUT2D eigenvalue weighted by Crippen LogP contribution is 2.26. The number of halogens is 1. The van der Waals surface area contributed by atoms with Gasteiger partial charge >= 0.3 is 0 Å². The molecule has 3 rings (SSSR count). The smallest absolute Gasteiger partial charge is 0.184 e. The number of fused-ring (bicyclic) bond motifs is 1. The molecule has 0 saturated heterocycles. The second kappa shape index (κ2) is 5.46. The lowest BCUT2D eigenvalue weighted by molar-refractivity contribution is 0.414. The quantitative estimate of drug-likeness (QED) is 0.786. The largest absolute Gasteiger partial charge is 0.497 e. The molecule has 3 aromatic rings. The van der Waals surface area contributed by atoms with E-state index in [0.29, 0.717) is 12.1 Å². The Bertz CT molecular complexity index is 724. The molecule has 0 saturated carbocycles. The topological polar surface area (TPSA) is 34.1 Å². The molecule has 0 bridgehead atoms. The first-order valence-corrected chi connectivity index (χ1v) is 6.99. The Morgan fingerprint density at radius 2 is 2.00 bits per heavy atom. The van der Waals surface area contributed by atoms with Crippen LogP contribution in [0.5, 0.6) is 5.75 Å². The molecule has 1 aromatic heterocycles. The van der Waals surface area contributed by atoms with Crippen molar-refractivity contribution < 1.29 is 9.13 Å². The van der Waals surface area contributed by atoms with E-state index in [4.69, 9.17) is 4.74 Å². The van der Waals surface area contributed by atoms with Crippen LogP contribution in [0.1, 0.15) is 5.56 Å². The number of anilines is 1. The fourth-order valence-corrected chi connectivity index (χ4v) is 2.74. The lowest BCUT2D eigenvalue weighted by Gasteiger charge is -2.04. The summed E-state index contributed by atoms with van der Waals surface area (Å²) in [5.74, 6) is 0.578. The van der Waals surface area contributed by atoms with E-state index >= 15 is 0 Å². The molecule has 0 spiro atoms. The maximum absolute atomic E-state index is 13.1. The molecule has 2 aromatic carbocycles. The molecule has 0 amide bonds. The number of benzene rings is 2. The number of nitrogens with one attached hydrogen (secondary N) is 1. The molecule has 0 radical (unpaired) electrons. The summed E-state index contributed by atoms with van der Waals surface area (Å²) in [4.78, 5) is 4.37. The third-order valence-electron chi connectivity index (χ3n) is 2.95. The molecule has 0 fully saturated rings. The van der Waals surface area contributed by atoms with Crippen LogP contribution in [-0.2, 0) is 6.54 Å². The van der Waals surface area contributed by atoms with E-state index in [1.165, 1.54) is 23.5 Å². The second-order valence-electron chi connectivity index (χ2n) is 4.33. The zero-order chi connectivity index (χ0) is 13.9. The molecular weight excluding hydrogens is 275 g/mol. The van der Waals surface area contributed by atoms with Gasteiger partial charge in [-0.1, -0.05) is 23.5 Å². The van der Waals surface area contributed by atoms with Crippen LogP contribution in [0.3, 0.4) is 0 Å². The lowest BCUT2D eigenvalue weighted by Crippen LogP contribution is -1.98. The van der Waals surface area contributed by atoms with Gasteiger partial charge in [-0.25, -0.2) is 9.37 Å². The van der Waals surface area contributed by atoms with Gasteiger partial charge in [-0.2, -0.15) is 0 Å². The maximum Gasteiger partial charge on any atom is 0.184 e. The molecule has 1 heterocycles. The van der Waals surface area contributed by atoms with Gasteiger partial charge in [0.1, 0.15) is 11.6 Å². The van der Waals surface area contributed by atoms with E-state index < -0.39 is 0 Å². The van der Waals surface area contributed by atoms with Crippen molar-refractivity contribution in [1.29, 1.82) is 0 Å². The van der Waals surface area contributed by atoms with Crippen LogP contribution < -0.4 is 10.1 Å². The van der Waals surface area contributed by atoms with E-state index in [-0.39, 0.29) is 5.82 Å². The highest BCUT2D eigenvalue weighted by atomic mass is 32.1. The van der Waals surface area contributed by atoms with Gasteiger partial charge < -0.3 is 10.1 Å². The molecule has 5 heteroatoms. The third kappa shape index (κ3) is 2.72. The second-order valence-corrected chi connectivity index (χ2v) is 5.36. The zero-order valence-corrected chi connectivity index (χ0v) is 11.7. The van der Waals surface area contributed by atoms with Gasteiger partial charge in [0.25, 0.3) is 0 Å². The average Bonchev–Trinajstić information content (AvgIpc) is 2.87. The fraction of sp³-hybridized carbons (Fsp3) is 0.133. The van der Waals surface area contributed by atoms with Gasteiger partial charge in [0.05, 0.1) is 17.3 Å². The van der Waals surface area contributed by atoms with Gasteiger partial charge in [0.2, 0.25) is 0 Å². The van der Waals surface area contributed by atoms with Crippen LogP contribution in [0.15, 0.2) is 42.5 Å². The molecule has 0 aliphatic carbocycles. The van der Waals surface area contributed by atoms with Gasteiger partial charge in [-0.15, -0.1) is 0 Å². The number of hydrogen-bond donors (Lipinski definition) is 1. The van der Waals surface area contributed by atoms with E-state index in [2.05, 4.69) is 10.3 Å². The number of aromatic nitrogens is 1. The Labute approximate surface area is 120 Å². The minimum absolute atomic E-state index is 0.260. The Morgan fingerprint density at radius 1 is 1.20 bits per heavy atom. The predicted octanol–water partition coefficient (Wildman–Crippen LogP) is 4.06. The summed E-state index contributed by atoms with van der Waals surface area (Å²) in [5, 5.41) is 4.04. The summed E-state index contributed by atoms with van der Waals surface area (Å²) >= 11 is 1.52. The van der Waals surface area contributed by atoms with E-state index in [9.17, 15) is 4.39 Å². The third-order valence-corrected chi connectivity index (χ3v) is 3.95. The van der Waals surface area contributed by atoms with Crippen molar-refractivity contribution in [2.75, 3.05) is 12.4 Å². The SMILES string of the molecule is COc1ccc(CNc2nc3cc(F)ccc3s2)cc1. The van der Waals surface area contributed by atoms with Crippen LogP contribution in [0.2, 0.25) is 0 Å². The Hall–Kier alpha value is -2.14. The van der Waals surface area contributed by atoms with Crippen molar-refractivity contribution in [2.45, 2.75) is 6.54 Å². The minimum atomic E-state index is -0.260. The van der Waals surface area contributed by atoms with Crippen molar-refractivity contribution in [2.24, 2.45) is 0 Å². The summed E-state index contributed by atoms with van der Waals surface area (Å²) in [6.45, 7) is 0.673. The maximum atomic E-state index is 13.1. The molecule has 3 nitrogen and oxygen atoms in total. The first-order valence-electron chi connectivity index (χ1n) is 6.17. The fourth-order valence-electron chi connectivity index (χ4n) is 1.90. The number of rotatable bonds is 4. The predicted molar refractivity (Wildman–Crippen MR) is 79.9 cm³/mol. The van der Waals surface area contributed by atoms with Crippen molar-refractivity contribution >= 4 is 26.7 Å². The van der Waals surface area contributed by atoms with Crippen LogP contribution >= 0.6 is 11.3 Å². The summed E-state index contributed by atoms with van der Waals surface area (Å²) in [6.07, 6.45) is 0. The molecule has 1 N–H and O–H groups in total. The molecule has 102 valence electrons. The van der Waals surface area contributed by atoms with Crippen molar-refractivity contribution in [3.05, 3.63) is 53.8 Å². The standard InChI is InChI=1S/C15H13FN2OS/c1-19-12-5-2-10(3-6-12)9-17-15-18-13-8-11(16)4-7-14(13)20-15/h2-8H,9H2,1H3,(H,17,18). The van der Waals surface area contributed by atoms with Crippen molar-refractivity contribution in [3.8, 4) is 5.75 Å². The molecule has 0 aliphatic heterocycles. The highest BCUT2D eigenvalue weighted by Gasteiger charge is 2.04. The van der Waals surface area contributed by atoms with Crippen molar-refractivity contribution in [3.63, 3.8) is 0 Å². The summed E-state index contributed by atoms with van der Waals surface area (Å²) in [7, 11) is 1.65. The first kappa shape index (κ1) is 12.9. The Morgan fingerprint density at radius 3 is 2.75 bits per heavy atom. The number of nitrogens with zero attached hydrogens (tertiary/aromatic N) is 1. The Kier molecular flexibility index (Phi) is 3.52. The number of thiazole rings is 1. The van der Waals surface area contributed by atoms with Crippen molar-refractivity contribution in [1.82, 2.24) is 4.98 Å². The minimum Gasteiger partial charge on any atom is -0.497 e. The summed E-state index contributed by atoms with van der Waals surface area (Å²) in [5.41, 5.74) is 1.82. The van der Waals surface area contributed by atoms with E-state index in [0.717, 1.165) is 21.1 Å². The van der Waals surface area contributed by atoms with Gasteiger partial charge in [0, 0.05) is 12.6 Å². The molecule has 0 atom stereocenters. The Balaban J connectivity index is 1.72. The molecule has 20 heavy (non-hydrogen) atoms. The summed E-state index contributed by atoms with van der Waals surface area (Å²) < 4.78 is 19.2. The number of ether oxygens (including phenoxy) is 1. The van der Waals surface area contributed by atoms with Crippen LogP contribution in [0, 0.1) is 5.82 Å². The molecule has 0 unspecified atom stereocenters. The molecule has 0 aliphatic rings. The van der Waals surface area contributed by atoms with Gasteiger partial charge in [-0.05, 0) is 29.8 Å². The van der Waals surface area contributed by atoms with Crippen LogP contribution in [0.25, 0.3) is 10.2 Å². The summed E-state index contributed by atoms with van der Waals surface area (Å²) in [6, 6.07) is 12.5. The lowest BCUT2D eigenvalue weighted by atomic mass is 10.2. The number of hydrogen-bond acceptors (Lipinski definition) is 4. The molecular formula is C15H13FN2OS. The van der Waals surface area contributed by atoms with Crippen LogP contribution in [0.4, 0.5) is 9.52 Å².